The third kappa shape index (κ3) is 5.53. The van der Waals surface area contributed by atoms with Gasteiger partial charge in [-0.15, -0.1) is 0 Å². The van der Waals surface area contributed by atoms with E-state index in [4.69, 9.17) is 5.11 Å². The van der Waals surface area contributed by atoms with E-state index in [0.717, 1.165) is 30.3 Å². The molecule has 1 aliphatic heterocycles. The van der Waals surface area contributed by atoms with Crippen LogP contribution in [-0.2, 0) is 9.59 Å². The first-order valence-corrected chi connectivity index (χ1v) is 9.41. The Morgan fingerprint density at radius 3 is 2.67 bits per heavy atom. The molecule has 4 nitrogen and oxygen atoms in total. The summed E-state index contributed by atoms with van der Waals surface area (Å²) in [5, 5.41) is 8.96. The van der Waals surface area contributed by atoms with Crippen LogP contribution < -0.4 is 0 Å². The van der Waals surface area contributed by atoms with Crippen LogP contribution in [0.15, 0.2) is 0 Å². The lowest BCUT2D eigenvalue weighted by atomic mass is 9.86. The highest BCUT2D eigenvalue weighted by Crippen LogP contribution is 2.28. The molecule has 0 aromatic rings. The van der Waals surface area contributed by atoms with E-state index in [2.05, 4.69) is 0 Å². The molecule has 0 radical (unpaired) electrons. The Morgan fingerprint density at radius 1 is 1.19 bits per heavy atom. The standard InChI is InChI=1S/C16H27NO3S/c18-15(8-4-7-13-5-2-1-3-6-13)17-9-10-21-12-14(17)11-16(19)20/h13-14H,1-12H2,(H,19,20). The van der Waals surface area contributed by atoms with Gasteiger partial charge in [0.15, 0.2) is 0 Å². The van der Waals surface area contributed by atoms with Crippen molar-refractivity contribution in [3.63, 3.8) is 0 Å². The molecule has 5 heteroatoms. The Bertz CT molecular complexity index is 355. The first kappa shape index (κ1) is 16.7. The van der Waals surface area contributed by atoms with Crippen molar-refractivity contribution in [2.45, 2.75) is 63.8 Å². The minimum absolute atomic E-state index is 0.0847. The first-order chi connectivity index (χ1) is 10.2. The van der Waals surface area contributed by atoms with Gasteiger partial charge in [0, 0.05) is 24.5 Å². The summed E-state index contributed by atoms with van der Waals surface area (Å²) in [4.78, 5) is 25.1. The molecular formula is C16H27NO3S. The molecule has 2 fully saturated rings. The van der Waals surface area contributed by atoms with Gasteiger partial charge in [-0.3, -0.25) is 9.59 Å². The average molecular weight is 313 g/mol. The summed E-state index contributed by atoms with van der Waals surface area (Å²) in [6.07, 6.45) is 9.54. The molecular weight excluding hydrogens is 286 g/mol. The lowest BCUT2D eigenvalue weighted by molar-refractivity contribution is -0.140. The van der Waals surface area contributed by atoms with E-state index in [-0.39, 0.29) is 18.4 Å². The van der Waals surface area contributed by atoms with Crippen LogP contribution in [0.25, 0.3) is 0 Å². The Hall–Kier alpha value is -0.710. The van der Waals surface area contributed by atoms with Gasteiger partial charge < -0.3 is 10.0 Å². The number of amides is 1. The van der Waals surface area contributed by atoms with Crippen LogP contribution in [0, 0.1) is 5.92 Å². The molecule has 2 rings (SSSR count). The number of carboxylic acids is 1. The van der Waals surface area contributed by atoms with Gasteiger partial charge in [0.05, 0.1) is 12.5 Å². The summed E-state index contributed by atoms with van der Waals surface area (Å²) in [6, 6.07) is -0.108. The van der Waals surface area contributed by atoms with Crippen molar-refractivity contribution in [2.24, 2.45) is 5.92 Å². The van der Waals surface area contributed by atoms with E-state index < -0.39 is 5.97 Å². The van der Waals surface area contributed by atoms with Gasteiger partial charge >= 0.3 is 5.97 Å². The highest BCUT2D eigenvalue weighted by molar-refractivity contribution is 7.99. The fourth-order valence-electron chi connectivity index (χ4n) is 3.52. The molecule has 0 bridgehead atoms. The summed E-state index contributed by atoms with van der Waals surface area (Å²) < 4.78 is 0. The van der Waals surface area contributed by atoms with Crippen LogP contribution in [0.4, 0.5) is 0 Å². The van der Waals surface area contributed by atoms with Crippen LogP contribution in [0.5, 0.6) is 0 Å². The molecule has 1 amide bonds. The average Bonchev–Trinajstić information content (AvgIpc) is 2.48. The number of carboxylic acid groups (broad SMARTS) is 1. The van der Waals surface area contributed by atoms with Gasteiger partial charge in [-0.25, -0.2) is 0 Å². The molecule has 0 aromatic carbocycles. The summed E-state index contributed by atoms with van der Waals surface area (Å²) in [5.74, 6) is 1.88. The zero-order valence-electron chi connectivity index (χ0n) is 12.8. The molecule has 1 atom stereocenters. The molecule has 21 heavy (non-hydrogen) atoms. The second kappa shape index (κ2) is 8.66. The summed E-state index contributed by atoms with van der Waals surface area (Å²) in [7, 11) is 0. The van der Waals surface area contributed by atoms with Gasteiger partial charge in [-0.2, -0.15) is 11.8 Å². The van der Waals surface area contributed by atoms with Gasteiger partial charge in [-0.1, -0.05) is 32.1 Å². The van der Waals surface area contributed by atoms with Crippen LogP contribution in [0.1, 0.15) is 57.8 Å². The maximum absolute atomic E-state index is 12.4. The van der Waals surface area contributed by atoms with Gasteiger partial charge in [0.1, 0.15) is 0 Å². The molecule has 1 unspecified atom stereocenters. The van der Waals surface area contributed by atoms with Gasteiger partial charge in [0.2, 0.25) is 5.91 Å². The number of aliphatic carboxylic acids is 1. The van der Waals surface area contributed by atoms with Crippen molar-refractivity contribution in [2.75, 3.05) is 18.1 Å². The number of nitrogens with zero attached hydrogens (tertiary/aromatic N) is 1. The zero-order valence-corrected chi connectivity index (χ0v) is 13.6. The highest BCUT2D eigenvalue weighted by atomic mass is 32.2. The van der Waals surface area contributed by atoms with Crippen LogP contribution >= 0.6 is 11.8 Å². The quantitative estimate of drug-likeness (QED) is 0.818. The number of thioether (sulfide) groups is 1. The van der Waals surface area contributed by atoms with Crippen molar-refractivity contribution in [3.05, 3.63) is 0 Å². The first-order valence-electron chi connectivity index (χ1n) is 8.26. The number of carbonyl (C=O) groups excluding carboxylic acids is 1. The summed E-state index contributed by atoms with van der Waals surface area (Å²) in [6.45, 7) is 0.713. The third-order valence-electron chi connectivity index (χ3n) is 4.69. The second-order valence-electron chi connectivity index (χ2n) is 6.31. The van der Waals surface area contributed by atoms with E-state index in [1.807, 2.05) is 4.90 Å². The molecule has 1 heterocycles. The van der Waals surface area contributed by atoms with Crippen molar-refractivity contribution in [1.29, 1.82) is 0 Å². The predicted molar refractivity (Wildman–Crippen MR) is 85.5 cm³/mol. The van der Waals surface area contributed by atoms with Crippen molar-refractivity contribution >= 4 is 23.6 Å². The summed E-state index contributed by atoms with van der Waals surface area (Å²) >= 11 is 1.76. The number of hydrogen-bond donors (Lipinski definition) is 1. The maximum atomic E-state index is 12.4. The molecule has 1 saturated heterocycles. The lowest BCUT2D eigenvalue weighted by Gasteiger charge is -2.35. The molecule has 0 spiro atoms. The van der Waals surface area contributed by atoms with E-state index in [1.165, 1.54) is 32.1 Å². The van der Waals surface area contributed by atoms with Crippen molar-refractivity contribution < 1.29 is 14.7 Å². The fourth-order valence-corrected chi connectivity index (χ4v) is 4.58. The van der Waals surface area contributed by atoms with E-state index in [1.54, 1.807) is 11.8 Å². The molecule has 1 N–H and O–H groups in total. The predicted octanol–water partition coefficient (Wildman–Crippen LogP) is 3.16. The molecule has 120 valence electrons. The number of rotatable bonds is 6. The van der Waals surface area contributed by atoms with E-state index in [0.29, 0.717) is 13.0 Å². The monoisotopic (exact) mass is 313 g/mol. The Morgan fingerprint density at radius 2 is 1.95 bits per heavy atom. The zero-order chi connectivity index (χ0) is 15.1. The minimum atomic E-state index is -0.803. The molecule has 0 aromatic heterocycles. The van der Waals surface area contributed by atoms with E-state index >= 15 is 0 Å². The van der Waals surface area contributed by atoms with E-state index in [9.17, 15) is 9.59 Å². The molecule has 2 aliphatic rings. The SMILES string of the molecule is O=C(O)CC1CSCCN1C(=O)CCCC1CCCCC1. The Balaban J connectivity index is 1.73. The fraction of sp³-hybridized carbons (Fsp3) is 0.875. The minimum Gasteiger partial charge on any atom is -0.481 e. The normalized spacial score (nSPS) is 24.0. The molecule has 1 saturated carbocycles. The summed E-state index contributed by atoms with van der Waals surface area (Å²) in [5.41, 5.74) is 0. The highest BCUT2D eigenvalue weighted by Gasteiger charge is 2.28. The van der Waals surface area contributed by atoms with Crippen LogP contribution in [0.3, 0.4) is 0 Å². The van der Waals surface area contributed by atoms with Gasteiger partial charge in [0.25, 0.3) is 0 Å². The maximum Gasteiger partial charge on any atom is 0.305 e. The Labute approximate surface area is 131 Å². The number of carbonyl (C=O) groups is 2. The lowest BCUT2D eigenvalue weighted by Crippen LogP contribution is -2.47. The topological polar surface area (TPSA) is 57.6 Å². The Kier molecular flexibility index (Phi) is 6.87. The van der Waals surface area contributed by atoms with Gasteiger partial charge in [-0.05, 0) is 18.8 Å². The largest absolute Gasteiger partial charge is 0.481 e. The molecule has 1 aliphatic carbocycles. The van der Waals surface area contributed by atoms with Crippen molar-refractivity contribution in [3.8, 4) is 0 Å². The van der Waals surface area contributed by atoms with Crippen molar-refractivity contribution in [1.82, 2.24) is 4.90 Å². The smallest absolute Gasteiger partial charge is 0.305 e. The van der Waals surface area contributed by atoms with Crippen LogP contribution in [-0.4, -0.2) is 46.0 Å². The number of hydrogen-bond acceptors (Lipinski definition) is 3. The third-order valence-corrected chi connectivity index (χ3v) is 5.78. The van der Waals surface area contributed by atoms with Crippen LogP contribution in [0.2, 0.25) is 0 Å². The second-order valence-corrected chi connectivity index (χ2v) is 7.46.